The molecule has 1 heterocycles. The molecule has 0 spiro atoms. The molecule has 2 aromatic rings. The molecule has 1 aromatic carbocycles. The van der Waals surface area contributed by atoms with Crippen molar-refractivity contribution in [2.45, 2.75) is 26.3 Å². The maximum atomic E-state index is 5.99. The van der Waals surface area contributed by atoms with Crippen molar-refractivity contribution in [3.63, 3.8) is 0 Å². The van der Waals surface area contributed by atoms with Gasteiger partial charge in [0.1, 0.15) is 17.1 Å². The van der Waals surface area contributed by atoms with Gasteiger partial charge in [-0.05, 0) is 57.0 Å². The molecule has 1 N–H and O–H groups in total. The summed E-state index contributed by atoms with van der Waals surface area (Å²) < 4.78 is 13.2. The highest BCUT2D eigenvalue weighted by atomic mass is 79.9. The van der Waals surface area contributed by atoms with Gasteiger partial charge < -0.3 is 14.5 Å². The summed E-state index contributed by atoms with van der Waals surface area (Å²) in [6.45, 7) is 5.16. The first-order valence-electron chi connectivity index (χ1n) is 6.31. The Hall–Kier alpha value is -0.520. The Kier molecular flexibility index (Phi) is 4.92. The minimum Gasteiger partial charge on any atom is -0.496 e. The molecule has 0 saturated carbocycles. The molecule has 0 aliphatic rings. The van der Waals surface area contributed by atoms with E-state index in [9.17, 15) is 0 Å². The minimum absolute atomic E-state index is 0.238. The molecule has 0 radical (unpaired) electrons. The monoisotopic (exact) mass is 389 g/mol. The van der Waals surface area contributed by atoms with Crippen LogP contribution >= 0.6 is 31.9 Å². The lowest BCUT2D eigenvalue weighted by Crippen LogP contribution is -2.19. The summed E-state index contributed by atoms with van der Waals surface area (Å²) in [5, 5.41) is 4.45. The van der Waals surface area contributed by atoms with Crippen LogP contribution in [0.5, 0.6) is 5.75 Å². The molecule has 0 fully saturated rings. The Morgan fingerprint density at radius 3 is 2.63 bits per heavy atom. The number of halogens is 2. The summed E-state index contributed by atoms with van der Waals surface area (Å²) in [6, 6.07) is 4.22. The molecule has 2 rings (SSSR count). The van der Waals surface area contributed by atoms with Crippen LogP contribution < -0.4 is 10.1 Å². The van der Waals surface area contributed by atoms with Gasteiger partial charge in [-0.15, -0.1) is 0 Å². The van der Waals surface area contributed by atoms with Gasteiger partial charge in [0.15, 0.2) is 0 Å². The average molecular weight is 391 g/mol. The number of methoxy groups -OCH3 is 1. The van der Waals surface area contributed by atoms with Gasteiger partial charge in [0.25, 0.3) is 0 Å². The second kappa shape index (κ2) is 6.29. The summed E-state index contributed by atoms with van der Waals surface area (Å²) in [7, 11) is 1.66. The molecule has 0 bridgehead atoms. The molecule has 0 saturated heterocycles. The van der Waals surface area contributed by atoms with Gasteiger partial charge in [0.2, 0.25) is 0 Å². The first-order chi connectivity index (χ1) is 9.12. The van der Waals surface area contributed by atoms with Gasteiger partial charge in [-0.25, -0.2) is 0 Å². The fraction of sp³-hybridized carbons (Fsp3) is 0.429. The van der Waals surface area contributed by atoms with Gasteiger partial charge in [-0.3, -0.25) is 0 Å². The summed E-state index contributed by atoms with van der Waals surface area (Å²) >= 11 is 7.10. The van der Waals surface area contributed by atoms with Crippen LogP contribution in [0, 0.1) is 0 Å². The largest absolute Gasteiger partial charge is 0.496 e. The third kappa shape index (κ3) is 2.83. The number of rotatable bonds is 5. The fourth-order valence-corrected chi connectivity index (χ4v) is 3.21. The predicted molar refractivity (Wildman–Crippen MR) is 84.9 cm³/mol. The SMILES string of the molecule is CCNC(CC)c1cc2c(Br)c(OC)cc(Br)c2o1. The second-order valence-electron chi connectivity index (χ2n) is 4.28. The topological polar surface area (TPSA) is 34.4 Å². The van der Waals surface area contributed by atoms with Crippen LogP contribution in [-0.4, -0.2) is 13.7 Å². The quantitative estimate of drug-likeness (QED) is 0.777. The lowest BCUT2D eigenvalue weighted by Gasteiger charge is -2.12. The lowest BCUT2D eigenvalue weighted by atomic mass is 10.1. The maximum Gasteiger partial charge on any atom is 0.149 e. The van der Waals surface area contributed by atoms with Crippen molar-refractivity contribution >= 4 is 42.8 Å². The lowest BCUT2D eigenvalue weighted by molar-refractivity contribution is 0.411. The first kappa shape index (κ1) is 14.9. The molecule has 5 heteroatoms. The molecule has 0 aliphatic heterocycles. The van der Waals surface area contributed by atoms with Crippen LogP contribution in [0.4, 0.5) is 0 Å². The molecule has 0 aliphatic carbocycles. The molecule has 0 amide bonds. The number of fused-ring (bicyclic) bond motifs is 1. The van der Waals surface area contributed by atoms with Crippen molar-refractivity contribution < 1.29 is 9.15 Å². The fourth-order valence-electron chi connectivity index (χ4n) is 2.14. The molecular formula is C14H17Br2NO2. The molecule has 19 heavy (non-hydrogen) atoms. The van der Waals surface area contributed by atoms with E-state index in [2.05, 4.69) is 57.1 Å². The van der Waals surface area contributed by atoms with Crippen molar-refractivity contribution in [1.82, 2.24) is 5.32 Å². The molecule has 1 unspecified atom stereocenters. The number of benzene rings is 1. The highest BCUT2D eigenvalue weighted by Gasteiger charge is 2.18. The Morgan fingerprint density at radius 2 is 2.05 bits per heavy atom. The van der Waals surface area contributed by atoms with Crippen molar-refractivity contribution in [3.05, 3.63) is 26.8 Å². The highest BCUT2D eigenvalue weighted by Crippen LogP contribution is 2.40. The van der Waals surface area contributed by atoms with Gasteiger partial charge in [-0.1, -0.05) is 13.8 Å². The molecule has 1 atom stereocenters. The van der Waals surface area contributed by atoms with E-state index in [1.165, 1.54) is 0 Å². The van der Waals surface area contributed by atoms with Crippen LogP contribution in [-0.2, 0) is 0 Å². The molecule has 3 nitrogen and oxygen atoms in total. The van der Waals surface area contributed by atoms with Gasteiger partial charge in [0.05, 0.1) is 22.1 Å². The maximum absolute atomic E-state index is 5.99. The Balaban J connectivity index is 2.56. The van der Waals surface area contributed by atoms with Crippen LogP contribution in [0.1, 0.15) is 32.1 Å². The van der Waals surface area contributed by atoms with Gasteiger partial charge >= 0.3 is 0 Å². The normalized spacial score (nSPS) is 12.9. The van der Waals surface area contributed by atoms with Crippen LogP contribution in [0.15, 0.2) is 25.5 Å². The number of hydrogen-bond donors (Lipinski definition) is 1. The van der Waals surface area contributed by atoms with E-state index in [0.29, 0.717) is 0 Å². The standard InChI is InChI=1S/C14H17Br2NO2/c1-4-10(17-5-2)11-6-8-13(16)12(18-3)7-9(15)14(8)19-11/h6-7,10,17H,4-5H2,1-3H3. The van der Waals surface area contributed by atoms with Crippen molar-refractivity contribution in [2.24, 2.45) is 0 Å². The van der Waals surface area contributed by atoms with Gasteiger partial charge in [0, 0.05) is 5.39 Å². The summed E-state index contributed by atoms with van der Waals surface area (Å²) in [4.78, 5) is 0. The highest BCUT2D eigenvalue weighted by molar-refractivity contribution is 9.11. The van der Waals surface area contributed by atoms with Crippen molar-refractivity contribution in [1.29, 1.82) is 0 Å². The van der Waals surface area contributed by atoms with E-state index in [1.54, 1.807) is 7.11 Å². The minimum atomic E-state index is 0.238. The molecule has 104 valence electrons. The summed E-state index contributed by atoms with van der Waals surface area (Å²) in [5.41, 5.74) is 0.846. The third-order valence-corrected chi connectivity index (χ3v) is 4.51. The van der Waals surface area contributed by atoms with Gasteiger partial charge in [-0.2, -0.15) is 0 Å². The van der Waals surface area contributed by atoms with E-state index in [1.807, 2.05) is 6.07 Å². The summed E-state index contributed by atoms with van der Waals surface area (Å²) in [5.74, 6) is 1.75. The Labute approximate surface area is 129 Å². The summed E-state index contributed by atoms with van der Waals surface area (Å²) in [6.07, 6.45) is 0.986. The van der Waals surface area contributed by atoms with E-state index >= 15 is 0 Å². The molecular weight excluding hydrogens is 374 g/mol. The number of hydrogen-bond acceptors (Lipinski definition) is 3. The zero-order chi connectivity index (χ0) is 14.0. The van der Waals surface area contributed by atoms with Crippen LogP contribution in [0.25, 0.3) is 11.0 Å². The Bertz CT molecular complexity index is 580. The van der Waals surface area contributed by atoms with E-state index in [-0.39, 0.29) is 6.04 Å². The van der Waals surface area contributed by atoms with Crippen LogP contribution in [0.2, 0.25) is 0 Å². The molecule has 1 aromatic heterocycles. The average Bonchev–Trinajstić information content (AvgIpc) is 2.85. The van der Waals surface area contributed by atoms with E-state index in [0.717, 1.165) is 44.4 Å². The van der Waals surface area contributed by atoms with E-state index in [4.69, 9.17) is 9.15 Å². The smallest absolute Gasteiger partial charge is 0.149 e. The predicted octanol–water partition coefficient (Wildman–Crippen LogP) is 5.03. The number of ether oxygens (including phenoxy) is 1. The number of furan rings is 1. The second-order valence-corrected chi connectivity index (χ2v) is 5.93. The van der Waals surface area contributed by atoms with E-state index < -0.39 is 0 Å². The van der Waals surface area contributed by atoms with Crippen molar-refractivity contribution in [2.75, 3.05) is 13.7 Å². The third-order valence-electron chi connectivity index (χ3n) is 3.10. The Morgan fingerprint density at radius 1 is 1.32 bits per heavy atom. The zero-order valence-electron chi connectivity index (χ0n) is 11.2. The van der Waals surface area contributed by atoms with Crippen molar-refractivity contribution in [3.8, 4) is 5.75 Å². The number of nitrogens with one attached hydrogen (secondary N) is 1. The van der Waals surface area contributed by atoms with Crippen LogP contribution in [0.3, 0.4) is 0 Å². The zero-order valence-corrected chi connectivity index (χ0v) is 14.4. The first-order valence-corrected chi connectivity index (χ1v) is 7.89.